The largest absolute Gasteiger partial charge is 0.496 e. The highest BCUT2D eigenvalue weighted by Crippen LogP contribution is 2.36. The van der Waals surface area contributed by atoms with E-state index in [1.165, 1.54) is 0 Å². The molecule has 1 atom stereocenters. The number of rotatable bonds is 3. The summed E-state index contributed by atoms with van der Waals surface area (Å²) in [5.74, 6) is 0.690. The fraction of sp³-hybridized carbons (Fsp3) is 0.250. The quantitative estimate of drug-likeness (QED) is 0.925. The molecule has 2 nitrogen and oxygen atoms in total. The number of aliphatic hydroxyl groups is 1. The third-order valence-electron chi connectivity index (χ3n) is 3.27. The third-order valence-corrected chi connectivity index (χ3v) is 3.76. The van der Waals surface area contributed by atoms with E-state index in [4.69, 9.17) is 4.74 Å². The molecule has 1 N–H and O–H groups in total. The van der Waals surface area contributed by atoms with Crippen LogP contribution in [0.2, 0.25) is 0 Å². The highest BCUT2D eigenvalue weighted by atomic mass is 79.9. The Morgan fingerprint density at radius 2 is 1.89 bits per heavy atom. The molecule has 0 aromatic heterocycles. The minimum Gasteiger partial charge on any atom is -0.496 e. The maximum atomic E-state index is 10.9. The van der Waals surface area contributed by atoms with E-state index in [0.29, 0.717) is 5.75 Å². The van der Waals surface area contributed by atoms with Crippen molar-refractivity contribution in [2.75, 3.05) is 7.11 Å². The smallest absolute Gasteiger partial charge is 0.125 e. The molecule has 3 heteroatoms. The van der Waals surface area contributed by atoms with Crippen LogP contribution in [0.1, 0.15) is 23.6 Å². The Balaban J connectivity index is 2.58. The van der Waals surface area contributed by atoms with Crippen LogP contribution >= 0.6 is 15.9 Å². The van der Waals surface area contributed by atoms with E-state index in [1.54, 1.807) is 14.0 Å². The predicted molar refractivity (Wildman–Crippen MR) is 80.5 cm³/mol. The van der Waals surface area contributed by atoms with E-state index in [1.807, 2.05) is 49.4 Å². The van der Waals surface area contributed by atoms with E-state index in [0.717, 1.165) is 21.2 Å². The van der Waals surface area contributed by atoms with Gasteiger partial charge in [0.1, 0.15) is 11.4 Å². The van der Waals surface area contributed by atoms with E-state index in [-0.39, 0.29) is 0 Å². The SMILES string of the molecule is COc1ccc(C)cc1C(C)(O)c1cccc(Br)c1. The lowest BCUT2D eigenvalue weighted by molar-refractivity contribution is 0.0988. The van der Waals surface area contributed by atoms with Crippen LogP contribution in [-0.4, -0.2) is 12.2 Å². The summed E-state index contributed by atoms with van der Waals surface area (Å²) in [4.78, 5) is 0. The van der Waals surface area contributed by atoms with Gasteiger partial charge in [0.15, 0.2) is 0 Å². The summed E-state index contributed by atoms with van der Waals surface area (Å²) in [5.41, 5.74) is 1.59. The number of halogens is 1. The third kappa shape index (κ3) is 2.82. The zero-order chi connectivity index (χ0) is 14.0. The van der Waals surface area contributed by atoms with Crippen LogP contribution in [0, 0.1) is 6.92 Å². The Hall–Kier alpha value is -1.32. The van der Waals surface area contributed by atoms with Crippen LogP contribution in [0.5, 0.6) is 5.75 Å². The Bertz CT molecular complexity index is 591. The first kappa shape index (κ1) is 14.1. The average Bonchev–Trinajstić information content (AvgIpc) is 2.38. The second kappa shape index (κ2) is 5.35. The monoisotopic (exact) mass is 320 g/mol. The van der Waals surface area contributed by atoms with Gasteiger partial charge >= 0.3 is 0 Å². The normalized spacial score (nSPS) is 13.9. The van der Waals surface area contributed by atoms with Gasteiger partial charge in [-0.15, -0.1) is 0 Å². The van der Waals surface area contributed by atoms with Crippen molar-refractivity contribution < 1.29 is 9.84 Å². The van der Waals surface area contributed by atoms with Crippen LogP contribution in [-0.2, 0) is 5.60 Å². The molecule has 0 amide bonds. The highest BCUT2D eigenvalue weighted by molar-refractivity contribution is 9.10. The van der Waals surface area contributed by atoms with E-state index >= 15 is 0 Å². The zero-order valence-corrected chi connectivity index (χ0v) is 12.9. The second-order valence-electron chi connectivity index (χ2n) is 4.79. The van der Waals surface area contributed by atoms with Crippen molar-refractivity contribution in [1.29, 1.82) is 0 Å². The highest BCUT2D eigenvalue weighted by Gasteiger charge is 2.29. The summed E-state index contributed by atoms with van der Waals surface area (Å²) >= 11 is 3.43. The van der Waals surface area contributed by atoms with Gasteiger partial charge in [0, 0.05) is 10.0 Å². The lowest BCUT2D eigenvalue weighted by Crippen LogP contribution is -2.23. The van der Waals surface area contributed by atoms with Gasteiger partial charge in [-0.1, -0.05) is 39.7 Å². The molecule has 0 heterocycles. The number of hydrogen-bond donors (Lipinski definition) is 1. The Labute approximate surface area is 122 Å². The van der Waals surface area contributed by atoms with Crippen LogP contribution < -0.4 is 4.74 Å². The molecule has 0 fully saturated rings. The predicted octanol–water partition coefficient (Wildman–Crippen LogP) is 4.02. The van der Waals surface area contributed by atoms with Gasteiger partial charge in [0.05, 0.1) is 7.11 Å². The summed E-state index contributed by atoms with van der Waals surface area (Å²) in [6.45, 7) is 3.78. The molecule has 0 radical (unpaired) electrons. The molecular weight excluding hydrogens is 304 g/mol. The molecule has 2 rings (SSSR count). The molecule has 100 valence electrons. The molecule has 19 heavy (non-hydrogen) atoms. The molecule has 0 aliphatic rings. The molecule has 2 aromatic carbocycles. The minimum absolute atomic E-state index is 0.690. The molecule has 0 saturated carbocycles. The van der Waals surface area contributed by atoms with Crippen LogP contribution in [0.3, 0.4) is 0 Å². The molecule has 0 aliphatic carbocycles. The van der Waals surface area contributed by atoms with Crippen molar-refractivity contribution in [3.8, 4) is 5.75 Å². The molecule has 1 unspecified atom stereocenters. The summed E-state index contributed by atoms with van der Waals surface area (Å²) in [6.07, 6.45) is 0. The maximum Gasteiger partial charge on any atom is 0.125 e. The van der Waals surface area contributed by atoms with Gasteiger partial charge in [0.25, 0.3) is 0 Å². The maximum absolute atomic E-state index is 10.9. The first-order chi connectivity index (χ1) is 8.95. The molecule has 2 aromatic rings. The lowest BCUT2D eigenvalue weighted by atomic mass is 9.87. The number of hydrogen-bond acceptors (Lipinski definition) is 2. The molecule has 0 bridgehead atoms. The van der Waals surface area contributed by atoms with Crippen molar-refractivity contribution >= 4 is 15.9 Å². The Morgan fingerprint density at radius 3 is 2.53 bits per heavy atom. The number of ether oxygens (including phenoxy) is 1. The van der Waals surface area contributed by atoms with Gasteiger partial charge in [-0.05, 0) is 43.7 Å². The standard InChI is InChI=1S/C16H17BrO2/c1-11-7-8-15(19-3)14(9-11)16(2,18)12-5-4-6-13(17)10-12/h4-10,18H,1-3H3. The fourth-order valence-corrected chi connectivity index (χ4v) is 2.55. The lowest BCUT2D eigenvalue weighted by Gasteiger charge is -2.27. The Morgan fingerprint density at radius 1 is 1.16 bits per heavy atom. The van der Waals surface area contributed by atoms with Crippen molar-refractivity contribution in [2.45, 2.75) is 19.4 Å². The number of aryl methyl sites for hydroxylation is 1. The van der Waals surface area contributed by atoms with Crippen molar-refractivity contribution in [3.63, 3.8) is 0 Å². The molecule has 0 saturated heterocycles. The van der Waals surface area contributed by atoms with Gasteiger partial charge in [-0.25, -0.2) is 0 Å². The minimum atomic E-state index is -1.10. The molecule has 0 spiro atoms. The summed E-state index contributed by atoms with van der Waals surface area (Å²) in [5, 5.41) is 10.9. The Kier molecular flexibility index (Phi) is 3.97. The average molecular weight is 321 g/mol. The first-order valence-corrected chi connectivity index (χ1v) is 6.88. The topological polar surface area (TPSA) is 29.5 Å². The van der Waals surface area contributed by atoms with Gasteiger partial charge in [-0.3, -0.25) is 0 Å². The van der Waals surface area contributed by atoms with Gasteiger partial charge in [-0.2, -0.15) is 0 Å². The molecule has 0 aliphatic heterocycles. The van der Waals surface area contributed by atoms with Crippen LogP contribution in [0.4, 0.5) is 0 Å². The van der Waals surface area contributed by atoms with Crippen molar-refractivity contribution in [1.82, 2.24) is 0 Å². The fourth-order valence-electron chi connectivity index (χ4n) is 2.15. The van der Waals surface area contributed by atoms with Crippen molar-refractivity contribution in [3.05, 3.63) is 63.6 Å². The van der Waals surface area contributed by atoms with Crippen LogP contribution in [0.15, 0.2) is 46.9 Å². The zero-order valence-electron chi connectivity index (χ0n) is 11.3. The summed E-state index contributed by atoms with van der Waals surface area (Å²) < 4.78 is 6.31. The van der Waals surface area contributed by atoms with Crippen LogP contribution in [0.25, 0.3) is 0 Å². The molecular formula is C16H17BrO2. The van der Waals surface area contributed by atoms with E-state index in [9.17, 15) is 5.11 Å². The number of benzene rings is 2. The van der Waals surface area contributed by atoms with E-state index in [2.05, 4.69) is 15.9 Å². The van der Waals surface area contributed by atoms with Crippen molar-refractivity contribution in [2.24, 2.45) is 0 Å². The van der Waals surface area contributed by atoms with E-state index < -0.39 is 5.60 Å². The van der Waals surface area contributed by atoms with Gasteiger partial charge < -0.3 is 9.84 Å². The summed E-state index contributed by atoms with van der Waals surface area (Å²) in [6, 6.07) is 13.5. The second-order valence-corrected chi connectivity index (χ2v) is 5.70. The summed E-state index contributed by atoms with van der Waals surface area (Å²) in [7, 11) is 1.62. The first-order valence-electron chi connectivity index (χ1n) is 6.08. The number of methoxy groups -OCH3 is 1. The van der Waals surface area contributed by atoms with Gasteiger partial charge in [0.2, 0.25) is 0 Å².